The number of methoxy groups -OCH3 is 1. The number of nitrogens with zero attached hydrogens (tertiary/aromatic N) is 6. The minimum absolute atomic E-state index is 0.101. The van der Waals surface area contributed by atoms with Gasteiger partial charge < -0.3 is 9.30 Å². The van der Waals surface area contributed by atoms with Gasteiger partial charge in [-0.05, 0) is 56.2 Å². The molecule has 0 N–H and O–H groups in total. The van der Waals surface area contributed by atoms with Gasteiger partial charge in [-0.25, -0.2) is 14.6 Å². The van der Waals surface area contributed by atoms with E-state index in [9.17, 15) is 9.59 Å². The number of ether oxygens (including phenoxy) is 1. The van der Waals surface area contributed by atoms with E-state index in [0.29, 0.717) is 34.0 Å². The molecular weight excluding hydrogens is 551 g/mol. The lowest BCUT2D eigenvalue weighted by Crippen LogP contribution is -2.30. The van der Waals surface area contributed by atoms with Crippen LogP contribution in [0.25, 0.3) is 27.8 Å². The second-order valence-electron chi connectivity index (χ2n) is 9.43. The molecule has 0 saturated carbocycles. The molecule has 9 nitrogen and oxygen atoms in total. The number of hydrogen-bond donors (Lipinski definition) is 0. The SMILES string of the molecule is CCC(C(=O)Cc1ccc2nc(C)c(C)nc2c1)n1cc(OC)c(-c2cc(Cl)ccc2-n2cc(Cl)nn2)cc1=O. The van der Waals surface area contributed by atoms with Gasteiger partial charge in [0.2, 0.25) is 0 Å². The number of ketones is 1. The van der Waals surface area contributed by atoms with Gasteiger partial charge in [-0.2, -0.15) is 0 Å². The van der Waals surface area contributed by atoms with Gasteiger partial charge in [-0.1, -0.05) is 41.4 Å². The Labute approximate surface area is 240 Å². The number of carbonyl (C=O) groups excluding carboxylic acids is 1. The van der Waals surface area contributed by atoms with Crippen molar-refractivity contribution in [3.63, 3.8) is 0 Å². The number of Topliss-reactive ketones (excluding diaryl/α,β-unsaturated/α-hetero) is 1. The molecule has 0 spiro atoms. The van der Waals surface area contributed by atoms with Crippen molar-refractivity contribution >= 4 is 40.0 Å². The van der Waals surface area contributed by atoms with Crippen molar-refractivity contribution < 1.29 is 9.53 Å². The van der Waals surface area contributed by atoms with E-state index in [4.69, 9.17) is 27.9 Å². The number of fused-ring (bicyclic) bond motifs is 1. The Bertz CT molecular complexity index is 1810. The fourth-order valence-corrected chi connectivity index (χ4v) is 5.01. The largest absolute Gasteiger partial charge is 0.495 e. The van der Waals surface area contributed by atoms with Crippen LogP contribution in [0.15, 0.2) is 59.7 Å². The van der Waals surface area contributed by atoms with Gasteiger partial charge in [0.15, 0.2) is 10.9 Å². The highest BCUT2D eigenvalue weighted by Crippen LogP contribution is 2.35. The van der Waals surface area contributed by atoms with Crippen LogP contribution in [-0.4, -0.2) is 42.4 Å². The third-order valence-corrected chi connectivity index (χ3v) is 7.25. The van der Waals surface area contributed by atoms with Crippen LogP contribution in [0.3, 0.4) is 0 Å². The molecule has 5 rings (SSSR count). The molecule has 0 radical (unpaired) electrons. The van der Waals surface area contributed by atoms with E-state index >= 15 is 0 Å². The van der Waals surface area contributed by atoms with Crippen molar-refractivity contribution in [3.8, 4) is 22.6 Å². The molecule has 0 saturated heterocycles. The molecule has 1 unspecified atom stereocenters. The van der Waals surface area contributed by atoms with Gasteiger partial charge in [0.05, 0.1) is 53.7 Å². The van der Waals surface area contributed by atoms with Crippen molar-refractivity contribution in [1.29, 1.82) is 0 Å². The van der Waals surface area contributed by atoms with E-state index in [2.05, 4.69) is 20.3 Å². The summed E-state index contributed by atoms with van der Waals surface area (Å²) in [5, 5.41) is 8.57. The van der Waals surface area contributed by atoms with Crippen LogP contribution in [0.4, 0.5) is 0 Å². The van der Waals surface area contributed by atoms with E-state index < -0.39 is 6.04 Å². The molecular formula is C29H26Cl2N6O3. The molecule has 0 amide bonds. The van der Waals surface area contributed by atoms with Crippen LogP contribution in [0, 0.1) is 13.8 Å². The standard InChI is InChI=1S/C29H26Cl2N6O3/c1-5-24(26(38)11-18-6-8-22-23(10-18)33-17(3)16(2)32-22)36-14-27(40-4)21(13-29(36)39)20-12-19(30)7-9-25(20)37-15-28(31)34-35-37/h6-10,12-15,24H,5,11H2,1-4H3. The lowest BCUT2D eigenvalue weighted by Gasteiger charge is -2.20. The molecule has 3 heterocycles. The summed E-state index contributed by atoms with van der Waals surface area (Å²) in [5.74, 6) is 0.295. The molecule has 1 atom stereocenters. The number of benzene rings is 2. The molecule has 5 aromatic rings. The van der Waals surface area contributed by atoms with Gasteiger partial charge in [0.25, 0.3) is 5.56 Å². The smallest absolute Gasteiger partial charge is 0.252 e. The third kappa shape index (κ3) is 5.35. The molecule has 0 bridgehead atoms. The quantitative estimate of drug-likeness (QED) is 0.232. The summed E-state index contributed by atoms with van der Waals surface area (Å²) >= 11 is 12.3. The fourth-order valence-electron chi connectivity index (χ4n) is 4.71. The summed E-state index contributed by atoms with van der Waals surface area (Å²) in [5.41, 5.74) is 5.37. The van der Waals surface area contributed by atoms with Crippen molar-refractivity contribution in [1.82, 2.24) is 29.5 Å². The number of aryl methyl sites for hydroxylation is 2. The maximum absolute atomic E-state index is 13.5. The summed E-state index contributed by atoms with van der Waals surface area (Å²) in [6.45, 7) is 5.69. The second-order valence-corrected chi connectivity index (χ2v) is 10.3. The van der Waals surface area contributed by atoms with Crippen molar-refractivity contribution in [2.24, 2.45) is 0 Å². The monoisotopic (exact) mass is 576 g/mol. The summed E-state index contributed by atoms with van der Waals surface area (Å²) in [6, 6.07) is 11.5. The molecule has 40 heavy (non-hydrogen) atoms. The van der Waals surface area contributed by atoms with Crippen molar-refractivity contribution in [2.45, 2.75) is 39.7 Å². The maximum atomic E-state index is 13.5. The van der Waals surface area contributed by atoms with Crippen LogP contribution in [0.1, 0.15) is 36.3 Å². The van der Waals surface area contributed by atoms with Crippen LogP contribution in [0.2, 0.25) is 10.2 Å². The van der Waals surface area contributed by atoms with E-state index in [1.807, 2.05) is 39.0 Å². The van der Waals surface area contributed by atoms with Crippen LogP contribution in [-0.2, 0) is 11.2 Å². The Morgan fingerprint density at radius 1 is 0.975 bits per heavy atom. The highest BCUT2D eigenvalue weighted by Gasteiger charge is 2.23. The molecule has 0 aliphatic rings. The fraction of sp³-hybridized carbons (Fsp3) is 0.241. The Morgan fingerprint density at radius 3 is 2.40 bits per heavy atom. The number of pyridine rings is 1. The van der Waals surface area contributed by atoms with Crippen LogP contribution >= 0.6 is 23.2 Å². The molecule has 204 valence electrons. The highest BCUT2D eigenvalue weighted by molar-refractivity contribution is 6.31. The highest BCUT2D eigenvalue weighted by atomic mass is 35.5. The second kappa shape index (κ2) is 11.2. The molecule has 0 fully saturated rings. The number of rotatable bonds is 8. The van der Waals surface area contributed by atoms with E-state index in [1.165, 1.54) is 22.4 Å². The molecule has 11 heteroatoms. The minimum Gasteiger partial charge on any atom is -0.495 e. The molecule has 0 aliphatic heterocycles. The zero-order chi connectivity index (χ0) is 28.6. The zero-order valence-electron chi connectivity index (χ0n) is 22.4. The number of halogens is 2. The predicted molar refractivity (Wildman–Crippen MR) is 155 cm³/mol. The zero-order valence-corrected chi connectivity index (χ0v) is 23.9. The lowest BCUT2D eigenvalue weighted by atomic mass is 10.00. The van der Waals surface area contributed by atoms with Gasteiger partial charge in [-0.15, -0.1) is 5.10 Å². The number of hydrogen-bond acceptors (Lipinski definition) is 7. The topological polar surface area (TPSA) is 105 Å². The first kappa shape index (κ1) is 27.5. The lowest BCUT2D eigenvalue weighted by molar-refractivity contribution is -0.121. The van der Waals surface area contributed by atoms with Crippen molar-refractivity contribution in [3.05, 3.63) is 92.3 Å². The number of carbonyl (C=O) groups is 1. The summed E-state index contributed by atoms with van der Waals surface area (Å²) < 4.78 is 8.61. The first-order valence-electron chi connectivity index (χ1n) is 12.6. The average molecular weight is 577 g/mol. The van der Waals surface area contributed by atoms with Crippen LogP contribution in [0.5, 0.6) is 5.75 Å². The Balaban J connectivity index is 1.51. The van der Waals surface area contributed by atoms with Gasteiger partial charge >= 0.3 is 0 Å². The maximum Gasteiger partial charge on any atom is 0.252 e. The van der Waals surface area contributed by atoms with Gasteiger partial charge in [-0.3, -0.25) is 9.59 Å². The number of aromatic nitrogens is 6. The Kier molecular flexibility index (Phi) is 7.69. The molecule has 2 aromatic carbocycles. The Hall–Kier alpha value is -4.08. The molecule has 0 aliphatic carbocycles. The predicted octanol–water partition coefficient (Wildman–Crippen LogP) is 5.73. The first-order chi connectivity index (χ1) is 19.2. The van der Waals surface area contributed by atoms with E-state index in [1.54, 1.807) is 30.6 Å². The minimum atomic E-state index is -0.690. The van der Waals surface area contributed by atoms with Crippen LogP contribution < -0.4 is 10.3 Å². The van der Waals surface area contributed by atoms with Crippen molar-refractivity contribution in [2.75, 3.05) is 7.11 Å². The van der Waals surface area contributed by atoms with E-state index in [-0.39, 0.29) is 22.9 Å². The average Bonchev–Trinajstić information content (AvgIpc) is 3.36. The Morgan fingerprint density at radius 2 is 1.73 bits per heavy atom. The third-order valence-electron chi connectivity index (χ3n) is 6.84. The summed E-state index contributed by atoms with van der Waals surface area (Å²) in [6.07, 6.45) is 3.69. The van der Waals surface area contributed by atoms with Gasteiger partial charge in [0, 0.05) is 28.6 Å². The van der Waals surface area contributed by atoms with Gasteiger partial charge in [0.1, 0.15) is 5.75 Å². The normalized spacial score (nSPS) is 12.1. The summed E-state index contributed by atoms with van der Waals surface area (Å²) in [7, 11) is 1.51. The summed E-state index contributed by atoms with van der Waals surface area (Å²) in [4.78, 5) is 36.1. The van der Waals surface area contributed by atoms with E-state index in [0.717, 1.165) is 28.0 Å². The molecule has 3 aromatic heterocycles. The first-order valence-corrected chi connectivity index (χ1v) is 13.4.